The maximum atomic E-state index is 12.9. The molecule has 0 radical (unpaired) electrons. The third kappa shape index (κ3) is 5.12. The van der Waals surface area contributed by atoms with E-state index in [2.05, 4.69) is 4.72 Å². The Balaban J connectivity index is 1.87. The van der Waals surface area contributed by atoms with Crippen LogP contribution in [0.5, 0.6) is 0 Å². The maximum Gasteiger partial charge on any atom is 0.240 e. The van der Waals surface area contributed by atoms with Crippen LogP contribution >= 0.6 is 11.3 Å². The first kappa shape index (κ1) is 18.6. The molecule has 0 saturated carbocycles. The minimum Gasteiger partial charge on any atom is -0.338 e. The smallest absolute Gasteiger partial charge is 0.240 e. The first-order valence-corrected chi connectivity index (χ1v) is 9.84. The van der Waals surface area contributed by atoms with Gasteiger partial charge in [-0.2, -0.15) is 0 Å². The number of nitrogens with one attached hydrogen (secondary N) is 1. The molecule has 1 N–H and O–H groups in total. The number of halogens is 1. The second-order valence-electron chi connectivity index (χ2n) is 5.09. The van der Waals surface area contributed by atoms with E-state index in [9.17, 15) is 17.6 Å². The van der Waals surface area contributed by atoms with Crippen molar-refractivity contribution in [2.75, 3.05) is 13.1 Å². The van der Waals surface area contributed by atoms with Gasteiger partial charge in [-0.25, -0.2) is 17.5 Å². The van der Waals surface area contributed by atoms with Crippen LogP contribution in [0, 0.1) is 5.82 Å². The van der Waals surface area contributed by atoms with E-state index in [1.54, 1.807) is 16.2 Å². The van der Waals surface area contributed by atoms with Gasteiger partial charge in [0.2, 0.25) is 15.9 Å². The molecule has 0 fully saturated rings. The molecule has 5 nitrogen and oxygen atoms in total. The van der Waals surface area contributed by atoms with Crippen LogP contribution in [-0.2, 0) is 21.4 Å². The molecule has 130 valence electrons. The maximum absolute atomic E-state index is 12.9. The van der Waals surface area contributed by atoms with Crippen LogP contribution in [0.3, 0.4) is 0 Å². The second kappa shape index (κ2) is 8.36. The van der Waals surface area contributed by atoms with Crippen molar-refractivity contribution in [2.45, 2.75) is 24.8 Å². The zero-order valence-corrected chi connectivity index (χ0v) is 14.9. The Hall–Kier alpha value is -1.77. The lowest BCUT2D eigenvalue weighted by atomic mass is 10.3. The van der Waals surface area contributed by atoms with E-state index in [4.69, 9.17) is 0 Å². The van der Waals surface area contributed by atoms with Crippen molar-refractivity contribution in [3.63, 3.8) is 0 Å². The predicted molar refractivity (Wildman–Crippen MR) is 91.6 cm³/mol. The molecule has 2 rings (SSSR count). The molecule has 2 aromatic rings. The van der Waals surface area contributed by atoms with Gasteiger partial charge in [-0.05, 0) is 42.6 Å². The Morgan fingerprint density at radius 3 is 2.54 bits per heavy atom. The SMILES string of the molecule is CCN(Cc1cccs1)C(=O)CCNS(=O)(=O)c1ccc(F)cc1. The average Bonchev–Trinajstić information content (AvgIpc) is 3.05. The normalized spacial score (nSPS) is 11.4. The van der Waals surface area contributed by atoms with E-state index in [0.717, 1.165) is 17.0 Å². The highest BCUT2D eigenvalue weighted by Gasteiger charge is 2.16. The summed E-state index contributed by atoms with van der Waals surface area (Å²) in [5, 5.41) is 1.95. The molecule has 0 aliphatic rings. The summed E-state index contributed by atoms with van der Waals surface area (Å²) < 4.78 is 39.3. The Morgan fingerprint density at radius 1 is 1.25 bits per heavy atom. The highest BCUT2D eigenvalue weighted by Crippen LogP contribution is 2.13. The van der Waals surface area contributed by atoms with Crippen LogP contribution in [0.1, 0.15) is 18.2 Å². The minimum absolute atomic E-state index is 0.000512. The van der Waals surface area contributed by atoms with Gasteiger partial charge in [-0.3, -0.25) is 4.79 Å². The Labute approximate surface area is 145 Å². The summed E-state index contributed by atoms with van der Waals surface area (Å²) in [4.78, 5) is 14.9. The number of amides is 1. The Bertz CT molecular complexity index is 759. The van der Waals surface area contributed by atoms with Gasteiger partial charge >= 0.3 is 0 Å². The fourth-order valence-electron chi connectivity index (χ4n) is 2.11. The molecular formula is C16H19FN2O3S2. The van der Waals surface area contributed by atoms with E-state index in [-0.39, 0.29) is 23.8 Å². The van der Waals surface area contributed by atoms with Gasteiger partial charge in [0.05, 0.1) is 11.4 Å². The summed E-state index contributed by atoms with van der Waals surface area (Å²) in [6.07, 6.45) is 0.0691. The molecule has 1 amide bonds. The summed E-state index contributed by atoms with van der Waals surface area (Å²) in [7, 11) is -3.74. The van der Waals surface area contributed by atoms with Crippen molar-refractivity contribution in [2.24, 2.45) is 0 Å². The molecule has 24 heavy (non-hydrogen) atoms. The average molecular weight is 370 g/mol. The number of benzene rings is 1. The number of rotatable bonds is 8. The lowest BCUT2D eigenvalue weighted by Gasteiger charge is -2.20. The molecule has 1 aromatic carbocycles. The largest absolute Gasteiger partial charge is 0.338 e. The number of nitrogens with zero attached hydrogens (tertiary/aromatic N) is 1. The third-order valence-corrected chi connectivity index (χ3v) is 5.75. The molecule has 0 aliphatic heterocycles. The van der Waals surface area contributed by atoms with E-state index in [0.29, 0.717) is 13.1 Å². The first-order chi connectivity index (χ1) is 11.4. The molecular weight excluding hydrogens is 351 g/mol. The molecule has 1 heterocycles. The predicted octanol–water partition coefficient (Wildman–Crippen LogP) is 2.60. The van der Waals surface area contributed by atoms with Gasteiger partial charge in [0.15, 0.2) is 0 Å². The number of hydrogen-bond acceptors (Lipinski definition) is 4. The molecule has 0 atom stereocenters. The highest BCUT2D eigenvalue weighted by atomic mass is 32.2. The van der Waals surface area contributed by atoms with Crippen LogP contribution in [0.15, 0.2) is 46.7 Å². The van der Waals surface area contributed by atoms with Gasteiger partial charge < -0.3 is 4.90 Å². The third-order valence-electron chi connectivity index (χ3n) is 3.42. The number of carbonyl (C=O) groups excluding carboxylic acids is 1. The zero-order valence-electron chi connectivity index (χ0n) is 13.2. The van der Waals surface area contributed by atoms with Crippen molar-refractivity contribution in [1.82, 2.24) is 9.62 Å². The van der Waals surface area contributed by atoms with Crippen LogP contribution in [0.4, 0.5) is 4.39 Å². The fourth-order valence-corrected chi connectivity index (χ4v) is 3.87. The van der Waals surface area contributed by atoms with Crippen LogP contribution in [0.2, 0.25) is 0 Å². The lowest BCUT2D eigenvalue weighted by Crippen LogP contribution is -2.34. The number of sulfonamides is 1. The number of thiophene rings is 1. The van der Waals surface area contributed by atoms with Crippen molar-refractivity contribution < 1.29 is 17.6 Å². The van der Waals surface area contributed by atoms with E-state index in [1.165, 1.54) is 12.1 Å². The molecule has 0 spiro atoms. The summed E-state index contributed by atoms with van der Waals surface area (Å²) in [5.74, 6) is -0.621. The second-order valence-corrected chi connectivity index (χ2v) is 7.89. The summed E-state index contributed by atoms with van der Waals surface area (Å²) >= 11 is 1.57. The van der Waals surface area contributed by atoms with Crippen molar-refractivity contribution >= 4 is 27.3 Å². The standard InChI is InChI=1S/C16H19FN2O3S2/c1-2-19(12-14-4-3-11-23-14)16(20)9-10-18-24(21,22)15-7-5-13(17)6-8-15/h3-8,11,18H,2,9-10,12H2,1H3. The summed E-state index contributed by atoms with van der Waals surface area (Å²) in [6.45, 7) is 2.97. The lowest BCUT2D eigenvalue weighted by molar-refractivity contribution is -0.131. The molecule has 0 saturated heterocycles. The molecule has 8 heteroatoms. The zero-order chi connectivity index (χ0) is 17.6. The molecule has 0 aliphatic carbocycles. The number of carbonyl (C=O) groups is 1. The quantitative estimate of drug-likeness (QED) is 0.777. The van der Waals surface area contributed by atoms with Gasteiger partial charge in [0.25, 0.3) is 0 Å². The van der Waals surface area contributed by atoms with Crippen LogP contribution in [0.25, 0.3) is 0 Å². The van der Waals surface area contributed by atoms with Gasteiger partial charge in [0.1, 0.15) is 5.82 Å². The van der Waals surface area contributed by atoms with Crippen LogP contribution in [-0.4, -0.2) is 32.3 Å². The van der Waals surface area contributed by atoms with E-state index < -0.39 is 15.8 Å². The van der Waals surface area contributed by atoms with E-state index in [1.807, 2.05) is 24.4 Å². The van der Waals surface area contributed by atoms with Crippen molar-refractivity contribution in [3.05, 3.63) is 52.5 Å². The van der Waals surface area contributed by atoms with Gasteiger partial charge in [-0.1, -0.05) is 6.07 Å². The molecule has 0 unspecified atom stereocenters. The summed E-state index contributed by atoms with van der Waals surface area (Å²) in [6, 6.07) is 8.43. The fraction of sp³-hybridized carbons (Fsp3) is 0.312. The minimum atomic E-state index is -3.74. The Morgan fingerprint density at radius 2 is 1.96 bits per heavy atom. The molecule has 1 aromatic heterocycles. The van der Waals surface area contributed by atoms with Crippen LogP contribution < -0.4 is 4.72 Å². The van der Waals surface area contributed by atoms with E-state index >= 15 is 0 Å². The monoisotopic (exact) mass is 370 g/mol. The first-order valence-electron chi connectivity index (χ1n) is 7.48. The number of hydrogen-bond donors (Lipinski definition) is 1. The van der Waals surface area contributed by atoms with Gasteiger partial charge in [-0.15, -0.1) is 11.3 Å². The van der Waals surface area contributed by atoms with Gasteiger partial charge in [0, 0.05) is 24.4 Å². The van der Waals surface area contributed by atoms with Crippen molar-refractivity contribution in [3.8, 4) is 0 Å². The summed E-state index contributed by atoms with van der Waals surface area (Å²) in [5.41, 5.74) is 0. The topological polar surface area (TPSA) is 66.5 Å². The molecule has 0 bridgehead atoms. The highest BCUT2D eigenvalue weighted by molar-refractivity contribution is 7.89. The van der Waals surface area contributed by atoms with Crippen molar-refractivity contribution in [1.29, 1.82) is 0 Å². The Kier molecular flexibility index (Phi) is 6.47.